The third kappa shape index (κ3) is 25.0. The van der Waals surface area contributed by atoms with Crippen LogP contribution in [0.5, 0.6) is 0 Å². The molecule has 0 aliphatic carbocycles. The van der Waals surface area contributed by atoms with Crippen molar-refractivity contribution in [2.24, 2.45) is 15.4 Å². The van der Waals surface area contributed by atoms with Crippen molar-refractivity contribution in [3.8, 4) is 0 Å². The van der Waals surface area contributed by atoms with Crippen LogP contribution in [0.4, 0.5) is 0 Å². The van der Waals surface area contributed by atoms with Crippen LogP contribution in [-0.4, -0.2) is 195 Å². The molecule has 0 radical (unpaired) electrons. The maximum Gasteiger partial charge on any atom is 0.242 e. The number of hydrogen-bond acceptors (Lipinski definition) is 16. The Hall–Kier alpha value is -12.4. The van der Waals surface area contributed by atoms with Crippen molar-refractivity contribution in [2.75, 3.05) is 92.6 Å². The molecule has 6 aromatic heterocycles. The highest BCUT2D eigenvalue weighted by Gasteiger charge is 2.34. The first-order valence-corrected chi connectivity index (χ1v) is 57.6. The summed E-state index contributed by atoms with van der Waals surface area (Å²) in [5.41, 5.74) is 24.5. The van der Waals surface area contributed by atoms with Crippen molar-refractivity contribution in [3.63, 3.8) is 0 Å². The van der Waals surface area contributed by atoms with Crippen LogP contribution in [0.1, 0.15) is 152 Å². The summed E-state index contributed by atoms with van der Waals surface area (Å²) in [6.45, 7) is 20.2. The van der Waals surface area contributed by atoms with Crippen molar-refractivity contribution in [3.05, 3.63) is 400 Å². The number of nitrogens with zero attached hydrogens (tertiary/aromatic N) is 7. The van der Waals surface area contributed by atoms with Crippen LogP contribution in [0, 0.1) is 6.92 Å². The van der Waals surface area contributed by atoms with E-state index in [-0.39, 0.29) is 27.2 Å². The molecule has 0 amide bonds. The second-order valence-electron chi connectivity index (χ2n) is 40.6. The number of benzene rings is 12. The highest BCUT2D eigenvalue weighted by Crippen LogP contribution is 2.40. The van der Waals surface area contributed by atoms with Crippen molar-refractivity contribution < 1.29 is 38.8 Å². The zero-order valence-corrected chi connectivity index (χ0v) is 88.1. The van der Waals surface area contributed by atoms with E-state index in [1.165, 1.54) is 134 Å². The maximum absolute atomic E-state index is 12.4. The van der Waals surface area contributed by atoms with E-state index >= 15 is 0 Å². The third-order valence-electron chi connectivity index (χ3n) is 30.6. The van der Waals surface area contributed by atoms with E-state index in [1.54, 1.807) is 62.6 Å². The Bertz CT molecular complexity index is 8160. The lowest BCUT2D eigenvalue weighted by Gasteiger charge is -2.17. The first-order valence-electron chi connectivity index (χ1n) is 51.1. The highest BCUT2D eigenvalue weighted by molar-refractivity contribution is 7.90. The molecule has 0 spiro atoms. The predicted molar refractivity (Wildman–Crippen MR) is 597 cm³/mol. The van der Waals surface area contributed by atoms with Gasteiger partial charge in [0.05, 0.1) is 26.2 Å². The smallest absolute Gasteiger partial charge is 0.242 e. The fraction of sp³-hybridized carbons (Fsp3) is 0.288. The monoisotopic (exact) mass is 2080 g/mol. The van der Waals surface area contributed by atoms with Crippen LogP contribution in [0.2, 0.25) is 0 Å². The molecule has 6 atom stereocenters. The topological polar surface area (TPSA) is 352 Å². The molecule has 6 saturated heterocycles. The van der Waals surface area contributed by atoms with Gasteiger partial charge in [-0.05, 0) is 283 Å². The highest BCUT2D eigenvalue weighted by atomic mass is 32.2. The quantitative estimate of drug-likeness (QED) is 0.0250. The second-order valence-corrected chi connectivity index (χ2v) is 47.8. The molecule has 25 nitrogen and oxygen atoms in total. The number of fused-ring (bicyclic) bond motifs is 6. The average Bonchev–Trinajstić information content (AvgIpc) is 1.91. The number of H-pyrrole nitrogens is 6. The summed E-state index contributed by atoms with van der Waals surface area (Å²) in [5, 5.41) is 32.9. The Morgan fingerprint density at radius 1 is 0.304 bits per heavy atom. The SMILES string of the molecule is CN(C)S(=O)(=O)c1cccc(C2CCN(Cc3c[nH]c4ccccc34)C2)c1.Cc1c(S)cccc1C1CCN(Cc2c[nH]c3ccccc23)C1.NS(=O)(=O)c1ccc(C2CCN(Cc3c[nH]c4ccccc34)C2)cc1.NS(=O)(=O)c1cccc(C2CCN(Cc3c[nH]c4ccccc34)C2)c1.NS(=O)(=O)c1ccccc1C1CCN(Cc2c[nH]c3ccccc23)C1.OCc1cccc(C2CCN(Cc3c[nH]c4ccccc34)C2)c1. The Kier molecular flexibility index (Phi) is 32.6. The summed E-state index contributed by atoms with van der Waals surface area (Å²) >= 11 is 4.58. The van der Waals surface area contributed by atoms with Crippen molar-refractivity contribution >= 4 is 118 Å². The van der Waals surface area contributed by atoms with E-state index < -0.39 is 40.1 Å². The molecule has 18 aromatic rings. The third-order valence-corrected chi connectivity index (χ3v) is 35.7. The largest absolute Gasteiger partial charge is 0.392 e. The summed E-state index contributed by atoms with van der Waals surface area (Å²) < 4.78 is 95.7. The van der Waals surface area contributed by atoms with E-state index in [0.717, 1.165) is 175 Å². The summed E-state index contributed by atoms with van der Waals surface area (Å²) in [7, 11) is -11.2. The van der Waals surface area contributed by atoms with Gasteiger partial charge in [0.2, 0.25) is 40.1 Å². The summed E-state index contributed by atoms with van der Waals surface area (Å²) in [5.74, 6) is 2.54. The number of aromatic nitrogens is 6. The summed E-state index contributed by atoms with van der Waals surface area (Å²) in [6.07, 6.45) is 19.2. The number of nitrogens with one attached hydrogen (secondary N) is 6. The van der Waals surface area contributed by atoms with E-state index in [1.807, 2.05) is 72.8 Å². The number of sulfonamides is 4. The Balaban J connectivity index is 0.000000112. The minimum Gasteiger partial charge on any atom is -0.392 e. The van der Waals surface area contributed by atoms with Gasteiger partial charge in [0.15, 0.2) is 0 Å². The van der Waals surface area contributed by atoms with Gasteiger partial charge in [-0.2, -0.15) is 0 Å². The van der Waals surface area contributed by atoms with E-state index in [2.05, 4.69) is 280 Å². The fourth-order valence-corrected chi connectivity index (χ4v) is 25.7. The number of rotatable bonds is 24. The van der Waals surface area contributed by atoms with Gasteiger partial charge in [-0.1, -0.05) is 200 Å². The normalized spacial score (nSPS) is 18.8. The molecule has 13 N–H and O–H groups in total. The lowest BCUT2D eigenvalue weighted by Crippen LogP contribution is -2.22. The molecule has 0 bridgehead atoms. The van der Waals surface area contributed by atoms with Crippen LogP contribution < -0.4 is 15.4 Å². The van der Waals surface area contributed by atoms with Crippen LogP contribution in [0.25, 0.3) is 65.4 Å². The number of hydrogen-bond donors (Lipinski definition) is 11. The average molecular weight is 2080 g/mol. The number of aromatic amines is 6. The van der Waals surface area contributed by atoms with E-state index in [9.17, 15) is 38.8 Å². The second kappa shape index (κ2) is 46.4. The molecule has 30 heteroatoms. The van der Waals surface area contributed by atoms with Gasteiger partial charge in [-0.25, -0.2) is 53.4 Å². The molecule has 6 aliphatic heterocycles. The zero-order chi connectivity index (χ0) is 103. The lowest BCUT2D eigenvalue weighted by molar-refractivity contribution is 0.281. The van der Waals surface area contributed by atoms with Crippen LogP contribution in [0.15, 0.2) is 347 Å². The summed E-state index contributed by atoms with van der Waals surface area (Å²) in [6, 6.07) is 93.8. The van der Waals surface area contributed by atoms with E-state index in [0.29, 0.717) is 34.5 Å². The number of likely N-dealkylation sites (tertiary alicyclic amines) is 6. The molecule has 6 unspecified atom stereocenters. The first-order chi connectivity index (χ1) is 71.5. The molecule has 768 valence electrons. The van der Waals surface area contributed by atoms with Gasteiger partial charge in [0.1, 0.15) is 0 Å². The number of thiol groups is 1. The van der Waals surface area contributed by atoms with Crippen molar-refractivity contribution in [1.82, 2.24) is 63.6 Å². The molecule has 0 saturated carbocycles. The van der Waals surface area contributed by atoms with Gasteiger partial charge in [-0.15, -0.1) is 12.6 Å². The standard InChI is InChI=1S/C21H25N3O2S.C20H22N2O.C20H22N2S.3C19H21N3O2S/c1-23(2)27(25,26)19-7-5-6-16(12-19)17-10-11-24(14-17)15-18-13-22-21-9-4-3-8-20(18)21;23-14-15-4-3-5-16(10-15)17-8-9-22(12-17)13-18-11-21-20-7-2-1-6-19(18)20;1-14-17(6-4-8-20(14)23)15-9-10-22(12-15)13-16-11-21-19-7-3-2-5-18(16)19;20-25(23,24)19-8-4-2-6-17(19)14-9-10-22(12-14)13-15-11-21-18-7-3-1-5-16(15)18;20-25(23,24)17-5-3-4-14(10-17)15-8-9-22(12-15)13-16-11-21-19-7-2-1-6-18(16)19;20-25(23,24)17-7-5-14(6-8-17)15-9-10-22(12-15)13-16-11-21-19-4-2-1-3-18(16)19/h3-9,12-13,17,22H,10-11,14-15H2,1-2H3;1-7,10-11,17,21,23H,8-9,12-14H2;2-8,11,15,21,23H,9-10,12-13H2,1H3;1-8,11,14,21H,9-10,12-13H2,(H2,20,23,24);1-7,10-11,15,21H,8-9,12-13H2,(H2,20,23,24);1-8,11,15,21H,9-10,12-13H2,(H2,20,23,24). The van der Waals surface area contributed by atoms with E-state index in [4.69, 9.17) is 15.4 Å². The van der Waals surface area contributed by atoms with Crippen molar-refractivity contribution in [2.45, 2.75) is 151 Å². The van der Waals surface area contributed by atoms with Crippen molar-refractivity contribution in [1.29, 1.82) is 0 Å². The molecule has 12 aromatic carbocycles. The number of aliphatic hydroxyl groups excluding tert-OH is 1. The van der Waals surface area contributed by atoms with Gasteiger partial charge in [0, 0.05) is 200 Å². The van der Waals surface area contributed by atoms with Gasteiger partial charge < -0.3 is 35.0 Å². The fourth-order valence-electron chi connectivity index (χ4n) is 22.6. The van der Waals surface area contributed by atoms with Crippen LogP contribution in [0.3, 0.4) is 0 Å². The molecule has 148 heavy (non-hydrogen) atoms. The molecule has 24 rings (SSSR count). The molecule has 6 fully saturated rings. The number of nitrogens with two attached hydrogens (primary N) is 3. The maximum atomic E-state index is 12.4. The van der Waals surface area contributed by atoms with Gasteiger partial charge in [0.25, 0.3) is 0 Å². The number of aliphatic hydroxyl groups is 1. The minimum absolute atomic E-state index is 0.125. The Morgan fingerprint density at radius 2 is 0.588 bits per heavy atom. The zero-order valence-electron chi connectivity index (χ0n) is 83.9. The predicted octanol–water partition coefficient (Wildman–Crippen LogP) is 20.2. The van der Waals surface area contributed by atoms with Crippen LogP contribution in [-0.2, 0) is 86.0 Å². The Morgan fingerprint density at radius 3 is 0.932 bits per heavy atom. The van der Waals surface area contributed by atoms with Gasteiger partial charge >= 0.3 is 0 Å². The first kappa shape index (κ1) is 104. The Labute approximate surface area is 873 Å². The number of primary sulfonamides is 3. The molecular weight excluding hydrogens is 1950 g/mol. The summed E-state index contributed by atoms with van der Waals surface area (Å²) in [4.78, 5) is 37.0. The molecule has 12 heterocycles. The van der Waals surface area contributed by atoms with Gasteiger partial charge in [-0.3, -0.25) is 29.4 Å². The number of para-hydroxylation sites is 6. The minimum atomic E-state index is -3.69. The molecular formula is C118H132N16O9S5. The van der Waals surface area contributed by atoms with Crippen LogP contribution >= 0.6 is 12.6 Å². The lowest BCUT2D eigenvalue weighted by atomic mass is 9.94. The molecule has 6 aliphatic rings.